The Balaban J connectivity index is 0.00000345. The van der Waals surface area contributed by atoms with E-state index in [1.165, 1.54) is 0 Å². The first-order chi connectivity index (χ1) is 21.3. The van der Waals surface area contributed by atoms with Gasteiger partial charge >= 0.3 is 6.18 Å². The summed E-state index contributed by atoms with van der Waals surface area (Å²) in [4.78, 5) is 13.3. The second-order valence-electron chi connectivity index (χ2n) is 11.1. The Bertz CT molecular complexity index is 1400. The quantitative estimate of drug-likeness (QED) is 0.0658. The van der Waals surface area contributed by atoms with Gasteiger partial charge in [-0.2, -0.15) is 18.2 Å². The highest BCUT2D eigenvalue weighted by atomic mass is 19.4. The number of rotatable bonds is 15. The van der Waals surface area contributed by atoms with Crippen LogP contribution in [-0.2, 0) is 12.6 Å². The fourth-order valence-electron chi connectivity index (χ4n) is 4.93. The molecule has 3 aromatic rings. The van der Waals surface area contributed by atoms with E-state index in [4.69, 9.17) is 5.73 Å². The molecule has 0 aliphatic carbocycles. The molecule has 2 aromatic heterocycles. The van der Waals surface area contributed by atoms with Crippen LogP contribution in [0, 0.1) is 24.5 Å². The van der Waals surface area contributed by atoms with Gasteiger partial charge in [0.2, 0.25) is 5.95 Å². The van der Waals surface area contributed by atoms with E-state index in [2.05, 4.69) is 44.7 Å². The van der Waals surface area contributed by atoms with Gasteiger partial charge in [0.05, 0.1) is 35.0 Å². The Morgan fingerprint density at radius 3 is 2.22 bits per heavy atom. The minimum atomic E-state index is -5.01. The van der Waals surface area contributed by atoms with Crippen molar-refractivity contribution in [1.82, 2.24) is 20.3 Å². The predicted molar refractivity (Wildman–Crippen MR) is 172 cm³/mol. The Kier molecular flexibility index (Phi) is 14.6. The molecule has 0 radical (unpaired) electrons. The fraction of sp³-hybridized carbons (Fsp3) is 0.594. The van der Waals surface area contributed by atoms with Crippen molar-refractivity contribution >= 4 is 28.4 Å². The summed E-state index contributed by atoms with van der Waals surface area (Å²) in [6.45, 7) is 14.6. The van der Waals surface area contributed by atoms with E-state index in [1.54, 1.807) is 0 Å². The first-order valence-corrected chi connectivity index (χ1v) is 15.7. The van der Waals surface area contributed by atoms with E-state index in [9.17, 15) is 22.7 Å². The van der Waals surface area contributed by atoms with E-state index in [-0.39, 0.29) is 41.4 Å². The summed E-state index contributed by atoms with van der Waals surface area (Å²) in [7, 11) is 0. The number of aryl methyl sites for hydroxylation is 1. The summed E-state index contributed by atoms with van der Waals surface area (Å²) in [5, 5.41) is 19.6. The highest BCUT2D eigenvalue weighted by molar-refractivity contribution is 5.95. The number of aliphatic hydroxyl groups is 1. The smallest absolute Gasteiger partial charge is 0.396 e. The molecule has 13 heteroatoms. The predicted octanol–water partition coefficient (Wildman–Crippen LogP) is 7.48. The van der Waals surface area contributed by atoms with E-state index in [0.717, 1.165) is 32.4 Å². The number of benzene rings is 1. The Morgan fingerprint density at radius 2 is 1.64 bits per heavy atom. The van der Waals surface area contributed by atoms with Crippen molar-refractivity contribution in [3.05, 3.63) is 34.5 Å². The molecule has 8 nitrogen and oxygen atoms in total. The fourth-order valence-corrected chi connectivity index (χ4v) is 4.93. The summed E-state index contributed by atoms with van der Waals surface area (Å²) >= 11 is 0. The minimum absolute atomic E-state index is 0.000360. The number of nitrogens with two attached hydrogens (primary N) is 1. The molecule has 0 aliphatic heterocycles. The molecule has 1 aromatic carbocycles. The molecule has 0 spiro atoms. The van der Waals surface area contributed by atoms with Crippen LogP contribution in [0.2, 0.25) is 0 Å². The molecule has 2 heterocycles. The van der Waals surface area contributed by atoms with Crippen LogP contribution in [0.4, 0.5) is 39.4 Å². The number of aromatic nitrogens is 3. The summed E-state index contributed by atoms with van der Waals surface area (Å²) in [6.07, 6.45) is -1.86. The standard InChI is InChI=1S/C30H42F5N7O.C2H6/c1-6-8-18(15-43)39-29-41-27-22(28(42-29)38-13-12-37-11-10-16(3)4)21(9-7-2)40-26(25(27)32)19-14-20(36)24(31)17(5)23(19)30(33,34)35;1-2/h14,16,18,37,43H,6-13,15,36H2,1-5H3,(H2,38,39,41,42);1-2H3. The van der Waals surface area contributed by atoms with Gasteiger partial charge in [0, 0.05) is 18.7 Å². The molecule has 45 heavy (non-hydrogen) atoms. The molecule has 0 fully saturated rings. The molecular formula is C32H48F5N7O. The van der Waals surface area contributed by atoms with E-state index in [0.29, 0.717) is 31.8 Å². The van der Waals surface area contributed by atoms with Gasteiger partial charge < -0.3 is 26.8 Å². The van der Waals surface area contributed by atoms with Crippen molar-refractivity contribution in [2.45, 2.75) is 92.8 Å². The van der Waals surface area contributed by atoms with E-state index in [1.807, 2.05) is 27.7 Å². The van der Waals surface area contributed by atoms with Crippen LogP contribution in [0.25, 0.3) is 22.2 Å². The summed E-state index contributed by atoms with van der Waals surface area (Å²) in [6, 6.07) is 0.340. The highest BCUT2D eigenvalue weighted by Gasteiger charge is 2.39. The number of hydrogen-bond acceptors (Lipinski definition) is 8. The van der Waals surface area contributed by atoms with Crippen LogP contribution in [0.5, 0.6) is 0 Å². The van der Waals surface area contributed by atoms with Gasteiger partial charge in [-0.15, -0.1) is 0 Å². The van der Waals surface area contributed by atoms with Gasteiger partial charge in [0.25, 0.3) is 0 Å². The van der Waals surface area contributed by atoms with Crippen LogP contribution in [-0.4, -0.2) is 52.3 Å². The molecule has 0 saturated heterocycles. The number of anilines is 3. The van der Waals surface area contributed by atoms with Crippen molar-refractivity contribution < 1.29 is 27.1 Å². The molecule has 3 rings (SSSR count). The molecule has 0 saturated carbocycles. The number of pyridine rings is 1. The molecule has 0 bridgehead atoms. The number of nitrogens with zero attached hydrogens (tertiary/aromatic N) is 3. The lowest BCUT2D eigenvalue weighted by Crippen LogP contribution is -2.26. The summed E-state index contributed by atoms with van der Waals surface area (Å²) in [5.41, 5.74) is 1.81. The third-order valence-electron chi connectivity index (χ3n) is 7.10. The largest absolute Gasteiger partial charge is 0.417 e. The van der Waals surface area contributed by atoms with E-state index < -0.39 is 51.9 Å². The molecule has 252 valence electrons. The van der Waals surface area contributed by atoms with Gasteiger partial charge in [-0.1, -0.05) is 54.4 Å². The van der Waals surface area contributed by atoms with Crippen LogP contribution in [0.3, 0.4) is 0 Å². The summed E-state index contributed by atoms with van der Waals surface area (Å²) < 4.78 is 73.6. The number of aliphatic hydroxyl groups excluding tert-OH is 1. The van der Waals surface area contributed by atoms with Crippen LogP contribution in [0.1, 0.15) is 84.0 Å². The third kappa shape index (κ3) is 9.59. The zero-order valence-corrected chi connectivity index (χ0v) is 27.4. The lowest BCUT2D eigenvalue weighted by Gasteiger charge is -2.21. The average Bonchev–Trinajstić information content (AvgIpc) is 2.98. The topological polar surface area (TPSA) is 121 Å². The average molecular weight is 642 g/mol. The number of hydrogen-bond donors (Lipinski definition) is 5. The number of fused-ring (bicyclic) bond motifs is 1. The van der Waals surface area contributed by atoms with Crippen LogP contribution in [0.15, 0.2) is 6.07 Å². The summed E-state index contributed by atoms with van der Waals surface area (Å²) in [5.74, 6) is -1.54. The molecule has 0 amide bonds. The first kappa shape index (κ1) is 37.9. The second kappa shape index (κ2) is 17.4. The Hall–Kier alpha value is -3.32. The van der Waals surface area contributed by atoms with E-state index >= 15 is 4.39 Å². The number of nitrogen functional groups attached to an aromatic ring is 1. The Morgan fingerprint density at radius 1 is 0.956 bits per heavy atom. The van der Waals surface area contributed by atoms with Crippen LogP contribution < -0.4 is 21.7 Å². The maximum absolute atomic E-state index is 16.4. The second-order valence-corrected chi connectivity index (χ2v) is 11.1. The lowest BCUT2D eigenvalue weighted by atomic mass is 9.95. The van der Waals surface area contributed by atoms with Crippen molar-refractivity contribution in [3.63, 3.8) is 0 Å². The first-order valence-electron chi connectivity index (χ1n) is 15.7. The van der Waals surface area contributed by atoms with Gasteiger partial charge in [-0.05, 0) is 50.3 Å². The number of nitrogens with one attached hydrogen (secondary N) is 3. The monoisotopic (exact) mass is 641 g/mol. The zero-order chi connectivity index (χ0) is 33.9. The van der Waals surface area contributed by atoms with Crippen molar-refractivity contribution in [3.8, 4) is 11.3 Å². The molecule has 6 N–H and O–H groups in total. The maximum atomic E-state index is 16.4. The van der Waals surface area contributed by atoms with Gasteiger partial charge in [0.1, 0.15) is 22.8 Å². The maximum Gasteiger partial charge on any atom is 0.417 e. The zero-order valence-electron chi connectivity index (χ0n) is 27.4. The Labute approximate surface area is 262 Å². The van der Waals surface area contributed by atoms with Gasteiger partial charge in [0.15, 0.2) is 5.82 Å². The number of alkyl halides is 3. The molecule has 1 atom stereocenters. The molecule has 1 unspecified atom stereocenters. The normalized spacial score (nSPS) is 12.3. The third-order valence-corrected chi connectivity index (χ3v) is 7.10. The highest BCUT2D eigenvalue weighted by Crippen LogP contribution is 2.43. The minimum Gasteiger partial charge on any atom is -0.396 e. The lowest BCUT2D eigenvalue weighted by molar-refractivity contribution is -0.137. The van der Waals surface area contributed by atoms with Crippen molar-refractivity contribution in [1.29, 1.82) is 0 Å². The number of halogens is 5. The van der Waals surface area contributed by atoms with Crippen LogP contribution >= 0.6 is 0 Å². The van der Waals surface area contributed by atoms with Crippen molar-refractivity contribution in [2.24, 2.45) is 5.92 Å². The molecular weight excluding hydrogens is 593 g/mol. The molecule has 0 aliphatic rings. The SMILES string of the molecule is CC.CCCc1nc(-c2cc(N)c(F)c(C)c2C(F)(F)F)c(F)c2nc(NC(CO)CCC)nc(NCCNCCC(C)C)c12. The van der Waals surface area contributed by atoms with Crippen molar-refractivity contribution in [2.75, 3.05) is 42.6 Å². The van der Waals surface area contributed by atoms with Gasteiger partial charge in [-0.25, -0.2) is 18.7 Å². The van der Waals surface area contributed by atoms with Gasteiger partial charge in [-0.3, -0.25) is 0 Å².